The maximum Gasteiger partial charge on any atom is 0.317 e. The molecule has 0 unspecified atom stereocenters. The first kappa shape index (κ1) is 11.4. The van der Waals surface area contributed by atoms with Gasteiger partial charge in [-0.05, 0) is 24.3 Å². The van der Waals surface area contributed by atoms with Crippen molar-refractivity contribution in [3.8, 4) is 5.75 Å². The van der Waals surface area contributed by atoms with Gasteiger partial charge in [0.2, 0.25) is 0 Å². The van der Waals surface area contributed by atoms with Crippen LogP contribution in [0.2, 0.25) is 0 Å². The molecular weight excluding hydrogens is 276 g/mol. The fourth-order valence-electron chi connectivity index (χ4n) is 1.37. The average molecular weight is 287 g/mol. The minimum absolute atomic E-state index is 0.143. The van der Waals surface area contributed by atoms with Crippen LogP contribution in [0.15, 0.2) is 28.7 Å². The van der Waals surface area contributed by atoms with Crippen LogP contribution < -0.4 is 4.74 Å². The van der Waals surface area contributed by atoms with E-state index in [-0.39, 0.29) is 19.8 Å². The van der Waals surface area contributed by atoms with Crippen LogP contribution in [0.3, 0.4) is 0 Å². The maximum absolute atomic E-state index is 11.0. The van der Waals surface area contributed by atoms with Crippen molar-refractivity contribution >= 4 is 21.9 Å². The van der Waals surface area contributed by atoms with Gasteiger partial charge in [0.25, 0.3) is 0 Å². The molecule has 0 aromatic heterocycles. The van der Waals surface area contributed by atoms with Crippen molar-refractivity contribution in [2.75, 3.05) is 19.8 Å². The van der Waals surface area contributed by atoms with E-state index in [4.69, 9.17) is 14.6 Å². The lowest BCUT2D eigenvalue weighted by Gasteiger charge is -2.36. The van der Waals surface area contributed by atoms with Gasteiger partial charge in [-0.25, -0.2) is 0 Å². The molecule has 1 aromatic rings. The lowest BCUT2D eigenvalue weighted by molar-refractivity contribution is -0.185. The summed E-state index contributed by atoms with van der Waals surface area (Å²) in [5, 5.41) is 9.04. The number of carboxylic acids is 1. The van der Waals surface area contributed by atoms with Gasteiger partial charge in [0, 0.05) is 4.47 Å². The second-order valence-corrected chi connectivity index (χ2v) is 4.74. The molecule has 2 rings (SSSR count). The number of rotatable bonds is 4. The molecule has 1 aliphatic rings. The Balaban J connectivity index is 1.96. The molecule has 86 valence electrons. The van der Waals surface area contributed by atoms with Crippen molar-refractivity contribution in [3.63, 3.8) is 0 Å². The third kappa shape index (κ3) is 2.20. The summed E-state index contributed by atoms with van der Waals surface area (Å²) in [5.74, 6) is -0.202. The van der Waals surface area contributed by atoms with E-state index < -0.39 is 11.4 Å². The van der Waals surface area contributed by atoms with E-state index in [1.54, 1.807) is 12.1 Å². The molecule has 1 fully saturated rings. The summed E-state index contributed by atoms with van der Waals surface area (Å²) in [6.07, 6.45) is 0. The minimum atomic E-state index is -0.868. The first-order valence-corrected chi connectivity index (χ1v) is 5.61. The fraction of sp³-hybridized carbons (Fsp3) is 0.364. The highest BCUT2D eigenvalue weighted by Gasteiger charge is 2.47. The number of aliphatic carboxylic acids is 1. The molecule has 0 amide bonds. The van der Waals surface area contributed by atoms with Crippen LogP contribution in [0.4, 0.5) is 0 Å². The fourth-order valence-corrected chi connectivity index (χ4v) is 1.63. The van der Waals surface area contributed by atoms with Crippen molar-refractivity contribution in [1.82, 2.24) is 0 Å². The van der Waals surface area contributed by atoms with Crippen molar-refractivity contribution in [3.05, 3.63) is 28.7 Å². The molecule has 5 heteroatoms. The summed E-state index contributed by atoms with van der Waals surface area (Å²) in [4.78, 5) is 11.0. The molecule has 4 nitrogen and oxygen atoms in total. The summed E-state index contributed by atoms with van der Waals surface area (Å²) in [6.45, 7) is 0.585. The third-order valence-corrected chi connectivity index (χ3v) is 3.07. The van der Waals surface area contributed by atoms with Crippen LogP contribution in [0.5, 0.6) is 5.75 Å². The van der Waals surface area contributed by atoms with Crippen LogP contribution in [0.25, 0.3) is 0 Å². The van der Waals surface area contributed by atoms with Gasteiger partial charge in [-0.1, -0.05) is 15.9 Å². The van der Waals surface area contributed by atoms with Crippen LogP contribution in [-0.4, -0.2) is 30.9 Å². The summed E-state index contributed by atoms with van der Waals surface area (Å²) >= 11 is 3.31. The van der Waals surface area contributed by atoms with E-state index in [1.165, 1.54) is 0 Å². The van der Waals surface area contributed by atoms with Gasteiger partial charge in [-0.2, -0.15) is 0 Å². The molecular formula is C11H11BrO4. The number of carbonyl (C=O) groups is 1. The van der Waals surface area contributed by atoms with Gasteiger partial charge in [-0.15, -0.1) is 0 Å². The van der Waals surface area contributed by atoms with Gasteiger partial charge in [0.1, 0.15) is 17.8 Å². The first-order valence-electron chi connectivity index (χ1n) is 4.82. The zero-order valence-electron chi connectivity index (χ0n) is 8.48. The Morgan fingerprint density at radius 3 is 2.50 bits per heavy atom. The molecule has 1 aliphatic heterocycles. The number of hydrogen-bond donors (Lipinski definition) is 1. The maximum atomic E-state index is 11.0. The van der Waals surface area contributed by atoms with Crippen molar-refractivity contribution in [1.29, 1.82) is 0 Å². The third-order valence-electron chi connectivity index (χ3n) is 2.54. The van der Waals surface area contributed by atoms with E-state index in [2.05, 4.69) is 15.9 Å². The second kappa shape index (κ2) is 4.43. The molecule has 0 saturated carbocycles. The molecule has 1 N–H and O–H groups in total. The predicted octanol–water partition coefficient (Wildman–Crippen LogP) is 1.93. The molecule has 0 atom stereocenters. The van der Waals surface area contributed by atoms with Crippen molar-refractivity contribution < 1.29 is 19.4 Å². The Kier molecular flexibility index (Phi) is 3.16. The Labute approximate surface area is 101 Å². The zero-order chi connectivity index (χ0) is 11.6. The molecule has 0 radical (unpaired) electrons. The number of hydrogen-bond acceptors (Lipinski definition) is 3. The molecule has 0 spiro atoms. The Bertz CT molecular complexity index is 383. The Morgan fingerprint density at radius 2 is 2.06 bits per heavy atom. The Morgan fingerprint density at radius 1 is 1.44 bits per heavy atom. The molecule has 0 bridgehead atoms. The van der Waals surface area contributed by atoms with Gasteiger partial charge < -0.3 is 14.6 Å². The monoisotopic (exact) mass is 286 g/mol. The molecule has 1 aromatic carbocycles. The molecule has 16 heavy (non-hydrogen) atoms. The molecule has 1 saturated heterocycles. The summed E-state index contributed by atoms with van der Waals surface area (Å²) < 4.78 is 11.3. The van der Waals surface area contributed by atoms with E-state index >= 15 is 0 Å². The van der Waals surface area contributed by atoms with Crippen LogP contribution in [-0.2, 0) is 9.53 Å². The number of carboxylic acid groups (broad SMARTS) is 1. The lowest BCUT2D eigenvalue weighted by Crippen LogP contribution is -2.53. The van der Waals surface area contributed by atoms with Crippen molar-refractivity contribution in [2.24, 2.45) is 5.41 Å². The van der Waals surface area contributed by atoms with E-state index in [0.717, 1.165) is 4.47 Å². The second-order valence-electron chi connectivity index (χ2n) is 3.82. The number of ether oxygens (including phenoxy) is 2. The highest BCUT2D eigenvalue weighted by Crippen LogP contribution is 2.29. The summed E-state index contributed by atoms with van der Waals surface area (Å²) in [6, 6.07) is 7.28. The summed E-state index contributed by atoms with van der Waals surface area (Å²) in [5.41, 5.74) is -0.868. The quantitative estimate of drug-likeness (QED) is 0.919. The van der Waals surface area contributed by atoms with E-state index in [1.807, 2.05) is 12.1 Å². The molecule has 0 aliphatic carbocycles. The van der Waals surface area contributed by atoms with Gasteiger partial charge in [0.15, 0.2) is 0 Å². The minimum Gasteiger partial charge on any atom is -0.492 e. The highest BCUT2D eigenvalue weighted by atomic mass is 79.9. The molecule has 1 heterocycles. The standard InChI is InChI=1S/C11H11BrO4/c12-8-1-3-9(4-2-8)16-7-11(10(13)14)5-15-6-11/h1-4H,5-7H2,(H,13,14). The van der Waals surface area contributed by atoms with Crippen molar-refractivity contribution in [2.45, 2.75) is 0 Å². The van der Waals surface area contributed by atoms with Gasteiger partial charge in [0.05, 0.1) is 13.2 Å². The smallest absolute Gasteiger partial charge is 0.317 e. The van der Waals surface area contributed by atoms with Gasteiger partial charge in [-0.3, -0.25) is 4.79 Å². The van der Waals surface area contributed by atoms with Gasteiger partial charge >= 0.3 is 5.97 Å². The van der Waals surface area contributed by atoms with Crippen LogP contribution >= 0.6 is 15.9 Å². The SMILES string of the molecule is O=C(O)C1(COc2ccc(Br)cc2)COC1. The lowest BCUT2D eigenvalue weighted by atomic mass is 9.87. The van der Waals surface area contributed by atoms with Crippen LogP contribution in [0.1, 0.15) is 0 Å². The number of halogens is 1. The van der Waals surface area contributed by atoms with E-state index in [0.29, 0.717) is 5.75 Å². The predicted molar refractivity (Wildman–Crippen MR) is 60.5 cm³/mol. The highest BCUT2D eigenvalue weighted by molar-refractivity contribution is 9.10. The topological polar surface area (TPSA) is 55.8 Å². The Hall–Kier alpha value is -1.07. The largest absolute Gasteiger partial charge is 0.492 e. The van der Waals surface area contributed by atoms with Crippen LogP contribution in [0, 0.1) is 5.41 Å². The number of benzene rings is 1. The summed E-state index contributed by atoms with van der Waals surface area (Å²) in [7, 11) is 0. The zero-order valence-corrected chi connectivity index (χ0v) is 10.1. The normalized spacial score (nSPS) is 17.6. The average Bonchev–Trinajstić information content (AvgIpc) is 2.18. The first-order chi connectivity index (χ1) is 7.62. The van der Waals surface area contributed by atoms with E-state index in [9.17, 15) is 4.79 Å².